The smallest absolute Gasteiger partial charge is 0.217 e. The highest BCUT2D eigenvalue weighted by atomic mass is 16.8. The number of rotatable bonds is 16. The van der Waals surface area contributed by atoms with Gasteiger partial charge in [-0.25, -0.2) is 0 Å². The van der Waals surface area contributed by atoms with Crippen LogP contribution in [-0.2, 0) is 56.9 Å². The van der Waals surface area contributed by atoms with Crippen LogP contribution in [-0.4, -0.2) is 315 Å². The first-order valence-corrected chi connectivity index (χ1v) is 22.0. The zero-order valence-electron chi connectivity index (χ0n) is 36.8. The normalized spacial score (nSPS) is 52.1. The van der Waals surface area contributed by atoms with Gasteiger partial charge in [0, 0.05) is 6.92 Å². The second-order valence-corrected chi connectivity index (χ2v) is 17.5. The molecule has 31 nitrogen and oxygen atoms in total. The molecule has 0 aromatic carbocycles. The van der Waals surface area contributed by atoms with Crippen molar-refractivity contribution in [1.29, 1.82) is 0 Å². The van der Waals surface area contributed by atoms with Crippen LogP contribution in [0.3, 0.4) is 0 Å². The minimum absolute atomic E-state index is 0.878. The first kappa shape index (κ1) is 56.6. The van der Waals surface area contributed by atoms with Crippen molar-refractivity contribution in [1.82, 2.24) is 5.32 Å². The molecule has 0 unspecified atom stereocenters. The van der Waals surface area contributed by atoms with Gasteiger partial charge in [-0.2, -0.15) is 0 Å². The summed E-state index contributed by atoms with van der Waals surface area (Å²) in [5.74, 6) is -0.878. The highest BCUT2D eigenvalue weighted by Crippen LogP contribution is 2.38. The Kier molecular flexibility index (Phi) is 19.8. The lowest BCUT2D eigenvalue weighted by molar-refractivity contribution is -0.404. The van der Waals surface area contributed by atoms with E-state index in [1.165, 1.54) is 6.92 Å². The Morgan fingerprint density at radius 2 is 0.754 bits per heavy atom. The minimum atomic E-state index is -2.15. The zero-order chi connectivity index (χ0) is 50.9. The molecular formula is C38H65NO30. The molecular weight excluding hydrogens is 950 g/mol. The van der Waals surface area contributed by atoms with E-state index in [2.05, 4.69) is 5.32 Å². The molecule has 6 rings (SSSR count). The highest BCUT2D eigenvalue weighted by molar-refractivity contribution is 5.73. The quantitative estimate of drug-likeness (QED) is 0.0682. The Morgan fingerprint density at radius 1 is 0.377 bits per heavy atom. The summed E-state index contributed by atoms with van der Waals surface area (Å²) < 4.78 is 63.3. The van der Waals surface area contributed by atoms with Crippen molar-refractivity contribution in [2.45, 2.75) is 198 Å². The van der Waals surface area contributed by atoms with Crippen LogP contribution in [0.15, 0.2) is 0 Å². The van der Waals surface area contributed by atoms with Gasteiger partial charge in [-0.05, 0) is 6.92 Å². The molecule has 402 valence electrons. The van der Waals surface area contributed by atoms with E-state index in [9.17, 15) is 96.7 Å². The van der Waals surface area contributed by atoms with Crippen LogP contribution in [0.5, 0.6) is 0 Å². The van der Waals surface area contributed by atoms with Gasteiger partial charge in [0.15, 0.2) is 37.7 Å². The van der Waals surface area contributed by atoms with Crippen LogP contribution >= 0.6 is 0 Å². The molecule has 0 bridgehead atoms. The van der Waals surface area contributed by atoms with Gasteiger partial charge in [-0.1, -0.05) is 0 Å². The number of carbonyl (C=O) groups excluding carboxylic acids is 1. The molecule has 0 radical (unpaired) electrons. The first-order chi connectivity index (χ1) is 32.6. The molecule has 69 heavy (non-hydrogen) atoms. The average Bonchev–Trinajstić information content (AvgIpc) is 3.32. The van der Waals surface area contributed by atoms with Gasteiger partial charge in [-0.15, -0.1) is 0 Å². The van der Waals surface area contributed by atoms with Crippen LogP contribution in [0.4, 0.5) is 0 Å². The van der Waals surface area contributed by atoms with Gasteiger partial charge in [0.25, 0.3) is 0 Å². The third-order valence-corrected chi connectivity index (χ3v) is 12.8. The Labute approximate surface area is 390 Å². The SMILES string of the molecule is CC(=O)N[C@H]1[C@H](O[C@@H]2[C@H](O)[C@@H](O)[C@H](O[C@H]3[C@H](O)[C@@H](O)[C@H](O)O[C@@H]3CO)O[C@@H]2CO)O[C@H](CO)[C@H](O)[C@@H]1O[C@@H]1O[C@H](CO)[C@H](O)[C@H](O[C@@H]2O[C@H](CO)[C@H](O)[C@H](O)[C@H]2O)[C@H]1O[C@@H]1O[C@@H](C)[C@@H](O)[C@@H](O)[C@@H]1O. The predicted molar refractivity (Wildman–Crippen MR) is 209 cm³/mol. The standard InChI is InChI=1S/C38H65NO30/c1-8-16(46)20(50)25(55)35(59-8)69-32-31(68-36-26(56)21(51)17(47)10(3-40)62-36)19(49)12(5-42)63-38(32)67-30-15(39-9(2)45)34(61-11(4-41)18(30)48)65-29-14(7-44)64-37(27(57)23(29)53)66-28-13(6-43)60-33(58)24(54)22(28)52/h8,10-38,40-44,46-58H,3-7H2,1-2H3,(H,39,45)/t8-,10+,11+,12+,13+,14+,15+,16+,17-,18-,19-,20+,21-,22+,23+,24+,25-,26+,27+,28+,29-,30+,31-,32+,33+,34-,35-,36-,37-,38-/m0/s1. The van der Waals surface area contributed by atoms with Crippen molar-refractivity contribution in [2.24, 2.45) is 0 Å². The third kappa shape index (κ3) is 11.8. The second-order valence-electron chi connectivity index (χ2n) is 17.5. The van der Waals surface area contributed by atoms with E-state index in [-0.39, 0.29) is 0 Å². The maximum Gasteiger partial charge on any atom is 0.217 e. The van der Waals surface area contributed by atoms with Gasteiger partial charge in [0.1, 0.15) is 140 Å². The summed E-state index contributed by atoms with van der Waals surface area (Å²) in [4.78, 5) is 12.8. The molecule has 19 N–H and O–H groups in total. The second kappa shape index (κ2) is 24.1. The van der Waals surface area contributed by atoms with E-state index < -0.39 is 223 Å². The van der Waals surface area contributed by atoms with E-state index in [4.69, 9.17) is 52.1 Å². The van der Waals surface area contributed by atoms with Gasteiger partial charge >= 0.3 is 0 Å². The first-order valence-electron chi connectivity index (χ1n) is 22.0. The summed E-state index contributed by atoms with van der Waals surface area (Å²) in [6.45, 7) is -2.64. The van der Waals surface area contributed by atoms with E-state index in [1.54, 1.807) is 0 Å². The van der Waals surface area contributed by atoms with E-state index in [0.29, 0.717) is 0 Å². The van der Waals surface area contributed by atoms with Crippen molar-refractivity contribution >= 4 is 5.91 Å². The minimum Gasteiger partial charge on any atom is -0.394 e. The molecule has 0 spiro atoms. The summed E-state index contributed by atoms with van der Waals surface area (Å²) in [5, 5.41) is 194. The Morgan fingerprint density at radius 3 is 1.30 bits per heavy atom. The van der Waals surface area contributed by atoms with Gasteiger partial charge in [0.05, 0.1) is 39.1 Å². The summed E-state index contributed by atoms with van der Waals surface area (Å²) in [7, 11) is 0. The van der Waals surface area contributed by atoms with Crippen LogP contribution in [0, 0.1) is 0 Å². The largest absolute Gasteiger partial charge is 0.394 e. The lowest BCUT2D eigenvalue weighted by Crippen LogP contribution is -2.71. The number of nitrogens with one attached hydrogen (secondary N) is 1. The Balaban J connectivity index is 1.32. The molecule has 1 amide bonds. The van der Waals surface area contributed by atoms with E-state index in [1.807, 2.05) is 0 Å². The fraction of sp³-hybridized carbons (Fsp3) is 0.974. The van der Waals surface area contributed by atoms with E-state index >= 15 is 0 Å². The van der Waals surface area contributed by atoms with Crippen molar-refractivity contribution in [2.75, 3.05) is 33.0 Å². The molecule has 6 fully saturated rings. The molecule has 6 heterocycles. The number of aliphatic hydroxyl groups is 18. The number of hydrogen-bond donors (Lipinski definition) is 19. The Hall–Kier alpha value is -1.69. The molecule has 6 saturated heterocycles. The lowest BCUT2D eigenvalue weighted by Gasteiger charge is -2.51. The fourth-order valence-corrected chi connectivity index (χ4v) is 8.83. The van der Waals surface area contributed by atoms with Crippen molar-refractivity contribution in [3.05, 3.63) is 0 Å². The highest BCUT2D eigenvalue weighted by Gasteiger charge is 2.58. The molecule has 0 saturated carbocycles. The maximum atomic E-state index is 12.8. The number of ether oxygens (including phenoxy) is 11. The number of amides is 1. The average molecular weight is 1020 g/mol. The van der Waals surface area contributed by atoms with Gasteiger partial charge in [-0.3, -0.25) is 4.79 Å². The van der Waals surface area contributed by atoms with Crippen LogP contribution in [0.25, 0.3) is 0 Å². The molecule has 31 heteroatoms. The molecule has 30 atom stereocenters. The van der Waals surface area contributed by atoms with Gasteiger partial charge in [0.2, 0.25) is 5.91 Å². The van der Waals surface area contributed by atoms with Crippen LogP contribution < -0.4 is 5.32 Å². The fourth-order valence-electron chi connectivity index (χ4n) is 8.83. The maximum absolute atomic E-state index is 12.8. The topological polar surface area (TPSA) is 495 Å². The van der Waals surface area contributed by atoms with Crippen LogP contribution in [0.1, 0.15) is 13.8 Å². The molecule has 0 aromatic rings. The summed E-state index contributed by atoms with van der Waals surface area (Å²) >= 11 is 0. The van der Waals surface area contributed by atoms with Crippen molar-refractivity contribution < 1.29 is 149 Å². The third-order valence-electron chi connectivity index (χ3n) is 12.8. The summed E-state index contributed by atoms with van der Waals surface area (Å²) in [6.07, 6.45) is -55.2. The molecule has 0 aliphatic carbocycles. The molecule has 6 aliphatic heterocycles. The van der Waals surface area contributed by atoms with E-state index in [0.717, 1.165) is 6.92 Å². The lowest BCUT2D eigenvalue weighted by atomic mass is 9.94. The number of carbonyl (C=O) groups is 1. The zero-order valence-corrected chi connectivity index (χ0v) is 36.8. The van der Waals surface area contributed by atoms with Crippen molar-refractivity contribution in [3.63, 3.8) is 0 Å². The number of aliphatic hydroxyl groups excluding tert-OH is 18. The molecule has 0 aromatic heterocycles. The molecule has 6 aliphatic rings. The Bertz CT molecular complexity index is 1610. The monoisotopic (exact) mass is 1020 g/mol. The number of hydrogen-bond acceptors (Lipinski definition) is 30. The van der Waals surface area contributed by atoms with Crippen molar-refractivity contribution in [3.8, 4) is 0 Å². The summed E-state index contributed by atoms with van der Waals surface area (Å²) in [5.41, 5.74) is 0. The summed E-state index contributed by atoms with van der Waals surface area (Å²) in [6, 6.07) is -1.81. The predicted octanol–water partition coefficient (Wildman–Crippen LogP) is -12.9. The van der Waals surface area contributed by atoms with Crippen LogP contribution in [0.2, 0.25) is 0 Å². The van der Waals surface area contributed by atoms with Gasteiger partial charge < -0.3 is 149 Å².